The van der Waals surface area contributed by atoms with Crippen molar-refractivity contribution in [3.8, 4) is 0 Å². The van der Waals surface area contributed by atoms with Crippen molar-refractivity contribution < 1.29 is 0 Å². The number of nitrogens with zero attached hydrogens (tertiary/aromatic N) is 4. The summed E-state index contributed by atoms with van der Waals surface area (Å²) >= 11 is 0. The highest BCUT2D eigenvalue weighted by molar-refractivity contribution is 5.64. The lowest BCUT2D eigenvalue weighted by molar-refractivity contribution is 0.180. The van der Waals surface area contributed by atoms with Crippen molar-refractivity contribution in [1.29, 1.82) is 0 Å². The molecular formula is C14H22N6. The second-order valence-electron chi connectivity index (χ2n) is 5.50. The third-order valence-electron chi connectivity index (χ3n) is 3.97. The number of anilines is 2. The van der Waals surface area contributed by atoms with Gasteiger partial charge in [0.15, 0.2) is 11.5 Å². The number of imidazole rings is 1. The molecule has 1 aliphatic heterocycles. The van der Waals surface area contributed by atoms with Gasteiger partial charge in [0.1, 0.15) is 5.82 Å². The Labute approximate surface area is 119 Å². The van der Waals surface area contributed by atoms with Crippen LogP contribution in [0.5, 0.6) is 0 Å². The van der Waals surface area contributed by atoms with Crippen LogP contribution in [0.15, 0.2) is 18.6 Å². The monoisotopic (exact) mass is 274 g/mol. The Bertz CT molecular complexity index is 572. The molecule has 0 amide bonds. The second-order valence-corrected chi connectivity index (χ2v) is 5.50. The zero-order chi connectivity index (χ0) is 13.9. The summed E-state index contributed by atoms with van der Waals surface area (Å²) in [5, 5.41) is 3.40. The zero-order valence-corrected chi connectivity index (χ0v) is 11.9. The van der Waals surface area contributed by atoms with Crippen LogP contribution in [0.1, 0.15) is 26.2 Å². The van der Waals surface area contributed by atoms with E-state index in [1.807, 2.05) is 10.6 Å². The maximum absolute atomic E-state index is 5.82. The summed E-state index contributed by atoms with van der Waals surface area (Å²) in [6.07, 6.45) is 9.41. The molecule has 6 nitrogen and oxygen atoms in total. The number of likely N-dealkylation sites (tertiary alicyclic amines) is 1. The van der Waals surface area contributed by atoms with E-state index in [0.29, 0.717) is 11.9 Å². The van der Waals surface area contributed by atoms with E-state index in [1.54, 1.807) is 12.4 Å². The molecule has 20 heavy (non-hydrogen) atoms. The zero-order valence-electron chi connectivity index (χ0n) is 11.9. The van der Waals surface area contributed by atoms with Gasteiger partial charge in [-0.3, -0.25) is 4.90 Å². The summed E-state index contributed by atoms with van der Waals surface area (Å²) in [7, 11) is 0. The number of nitrogens with one attached hydrogen (secondary N) is 1. The van der Waals surface area contributed by atoms with Crippen LogP contribution in [0.3, 0.4) is 0 Å². The molecule has 1 atom stereocenters. The minimum Gasteiger partial charge on any atom is -0.382 e. The maximum Gasteiger partial charge on any atom is 0.180 e. The minimum atomic E-state index is 0.494. The summed E-state index contributed by atoms with van der Waals surface area (Å²) in [4.78, 5) is 11.2. The normalized spacial score (nSPS) is 18.2. The summed E-state index contributed by atoms with van der Waals surface area (Å²) in [6.45, 7) is 5.52. The number of fused-ring (bicyclic) bond motifs is 1. The van der Waals surface area contributed by atoms with Crippen LogP contribution in [0, 0.1) is 0 Å². The Balaban J connectivity index is 1.68. The van der Waals surface area contributed by atoms with Crippen molar-refractivity contribution in [2.75, 3.05) is 30.7 Å². The van der Waals surface area contributed by atoms with Crippen LogP contribution in [0.25, 0.3) is 5.65 Å². The van der Waals surface area contributed by atoms with Crippen LogP contribution in [0.2, 0.25) is 0 Å². The predicted molar refractivity (Wildman–Crippen MR) is 80.8 cm³/mol. The summed E-state index contributed by atoms with van der Waals surface area (Å²) < 4.78 is 1.90. The number of nitrogen functional groups attached to an aromatic ring is 1. The quantitative estimate of drug-likeness (QED) is 0.886. The van der Waals surface area contributed by atoms with E-state index >= 15 is 0 Å². The van der Waals surface area contributed by atoms with Crippen LogP contribution in [0.4, 0.5) is 11.6 Å². The highest BCUT2D eigenvalue weighted by atomic mass is 15.2. The van der Waals surface area contributed by atoms with Gasteiger partial charge in [-0.2, -0.15) is 0 Å². The van der Waals surface area contributed by atoms with E-state index in [2.05, 4.69) is 27.1 Å². The molecule has 108 valence electrons. The number of hydrogen-bond donors (Lipinski definition) is 2. The van der Waals surface area contributed by atoms with Crippen LogP contribution < -0.4 is 11.1 Å². The average molecular weight is 274 g/mol. The van der Waals surface area contributed by atoms with Crippen LogP contribution in [-0.2, 0) is 0 Å². The molecule has 0 aromatic carbocycles. The van der Waals surface area contributed by atoms with Gasteiger partial charge < -0.3 is 15.5 Å². The summed E-state index contributed by atoms with van der Waals surface area (Å²) in [6, 6.07) is 0.494. The first-order chi connectivity index (χ1) is 9.74. The first kappa shape index (κ1) is 13.2. The molecule has 1 fully saturated rings. The largest absolute Gasteiger partial charge is 0.382 e. The molecule has 6 heteroatoms. The van der Waals surface area contributed by atoms with Crippen molar-refractivity contribution in [3.63, 3.8) is 0 Å². The molecule has 3 N–H and O–H groups in total. The van der Waals surface area contributed by atoms with Crippen molar-refractivity contribution in [2.24, 2.45) is 0 Å². The molecule has 1 aliphatic rings. The molecule has 0 radical (unpaired) electrons. The Morgan fingerprint density at radius 1 is 1.35 bits per heavy atom. The number of piperidine rings is 1. The summed E-state index contributed by atoms with van der Waals surface area (Å²) in [5.74, 6) is 1.27. The fraction of sp³-hybridized carbons (Fsp3) is 0.571. The Morgan fingerprint density at radius 3 is 2.95 bits per heavy atom. The van der Waals surface area contributed by atoms with Crippen LogP contribution in [-0.4, -0.2) is 44.9 Å². The average Bonchev–Trinajstić information content (AvgIpc) is 2.93. The third-order valence-corrected chi connectivity index (χ3v) is 3.97. The molecule has 0 spiro atoms. The molecule has 3 heterocycles. The molecule has 2 aromatic heterocycles. The molecule has 2 aromatic rings. The Kier molecular flexibility index (Phi) is 3.73. The standard InChI is InChI=1S/C14H22N6/c1-11(19-6-3-2-4-7-19)9-17-13-14-16-5-8-20(14)10-12(15)18-13/h5,8,10-11H,2-4,6-7,9,15H2,1H3,(H,17,18). The minimum absolute atomic E-state index is 0.494. The number of aromatic nitrogens is 3. The van der Waals surface area contributed by atoms with Crippen molar-refractivity contribution in [3.05, 3.63) is 18.6 Å². The van der Waals surface area contributed by atoms with Gasteiger partial charge in [-0.25, -0.2) is 9.97 Å². The lowest BCUT2D eigenvalue weighted by Gasteiger charge is -2.32. The molecule has 0 bridgehead atoms. The van der Waals surface area contributed by atoms with Gasteiger partial charge >= 0.3 is 0 Å². The lowest BCUT2D eigenvalue weighted by Crippen LogP contribution is -2.41. The highest BCUT2D eigenvalue weighted by Gasteiger charge is 2.17. The van der Waals surface area contributed by atoms with E-state index in [0.717, 1.165) is 18.0 Å². The highest BCUT2D eigenvalue weighted by Crippen LogP contribution is 2.16. The first-order valence-corrected chi connectivity index (χ1v) is 7.31. The SMILES string of the molecule is CC(CNc1nc(N)cn2ccnc12)N1CCCCC1. The van der Waals surface area contributed by atoms with E-state index in [9.17, 15) is 0 Å². The third kappa shape index (κ3) is 2.70. The van der Waals surface area contributed by atoms with E-state index in [1.165, 1.54) is 32.4 Å². The number of rotatable bonds is 4. The topological polar surface area (TPSA) is 71.5 Å². The fourth-order valence-corrected chi connectivity index (χ4v) is 2.80. The van der Waals surface area contributed by atoms with E-state index < -0.39 is 0 Å². The molecular weight excluding hydrogens is 252 g/mol. The number of hydrogen-bond acceptors (Lipinski definition) is 5. The van der Waals surface area contributed by atoms with Gasteiger partial charge in [0, 0.05) is 25.0 Å². The van der Waals surface area contributed by atoms with Crippen molar-refractivity contribution >= 4 is 17.3 Å². The van der Waals surface area contributed by atoms with Gasteiger partial charge in [0.2, 0.25) is 0 Å². The van der Waals surface area contributed by atoms with Gasteiger partial charge in [0.25, 0.3) is 0 Å². The predicted octanol–water partition coefficient (Wildman–Crippen LogP) is 1.60. The first-order valence-electron chi connectivity index (χ1n) is 7.31. The molecule has 0 saturated carbocycles. The van der Waals surface area contributed by atoms with Gasteiger partial charge in [-0.15, -0.1) is 0 Å². The van der Waals surface area contributed by atoms with Crippen molar-refractivity contribution in [1.82, 2.24) is 19.3 Å². The smallest absolute Gasteiger partial charge is 0.180 e. The molecule has 1 saturated heterocycles. The van der Waals surface area contributed by atoms with E-state index in [4.69, 9.17) is 5.73 Å². The van der Waals surface area contributed by atoms with Gasteiger partial charge in [-0.1, -0.05) is 6.42 Å². The Hall–Kier alpha value is -1.82. The second kappa shape index (κ2) is 5.66. The van der Waals surface area contributed by atoms with Crippen molar-refractivity contribution in [2.45, 2.75) is 32.2 Å². The Morgan fingerprint density at radius 2 is 2.15 bits per heavy atom. The number of nitrogens with two attached hydrogens (primary N) is 1. The van der Waals surface area contributed by atoms with Crippen LogP contribution >= 0.6 is 0 Å². The van der Waals surface area contributed by atoms with Gasteiger partial charge in [0.05, 0.1) is 6.20 Å². The van der Waals surface area contributed by atoms with Gasteiger partial charge in [-0.05, 0) is 32.9 Å². The fourth-order valence-electron chi connectivity index (χ4n) is 2.80. The van der Waals surface area contributed by atoms with E-state index in [-0.39, 0.29) is 0 Å². The molecule has 0 aliphatic carbocycles. The molecule has 1 unspecified atom stereocenters. The molecule has 3 rings (SSSR count). The maximum atomic E-state index is 5.82. The lowest BCUT2D eigenvalue weighted by atomic mass is 10.1. The summed E-state index contributed by atoms with van der Waals surface area (Å²) in [5.41, 5.74) is 6.65.